The molecule has 2 rings (SSSR count). The van der Waals surface area contributed by atoms with Gasteiger partial charge in [-0.25, -0.2) is 15.1 Å². The summed E-state index contributed by atoms with van der Waals surface area (Å²) in [6, 6.07) is 6.60. The molecule has 31 heavy (non-hydrogen) atoms. The van der Waals surface area contributed by atoms with E-state index in [0.717, 1.165) is 0 Å². The van der Waals surface area contributed by atoms with Crippen LogP contribution in [0.5, 0.6) is 0 Å². The van der Waals surface area contributed by atoms with Crippen LogP contribution in [-0.4, -0.2) is 49.4 Å². The van der Waals surface area contributed by atoms with Crippen molar-refractivity contribution < 1.29 is 33.8 Å². The highest BCUT2D eigenvalue weighted by atomic mass is 16.6. The van der Waals surface area contributed by atoms with E-state index in [-0.39, 0.29) is 49.0 Å². The summed E-state index contributed by atoms with van der Waals surface area (Å²) in [5.74, 6) is -1.63. The van der Waals surface area contributed by atoms with E-state index in [1.165, 1.54) is 0 Å². The molecule has 9 heteroatoms. The van der Waals surface area contributed by atoms with Crippen LogP contribution in [0.15, 0.2) is 24.3 Å². The number of fused-ring (bicyclic) bond motifs is 1. The number of anilines is 1. The third-order valence-corrected chi connectivity index (χ3v) is 4.46. The quantitative estimate of drug-likeness (QED) is 0.279. The van der Waals surface area contributed by atoms with Crippen LogP contribution in [0.4, 0.5) is 5.69 Å². The summed E-state index contributed by atoms with van der Waals surface area (Å²) < 4.78 is 10.2. The summed E-state index contributed by atoms with van der Waals surface area (Å²) in [5.41, 5.74) is 10.2. The molecule has 2 aliphatic rings. The average molecular weight is 432 g/mol. The third-order valence-electron chi connectivity index (χ3n) is 4.46. The summed E-state index contributed by atoms with van der Waals surface area (Å²) in [7, 11) is 0. The molecule has 0 spiro atoms. The number of nitrogens with two attached hydrogens (primary N) is 1. The number of aliphatic hydroxyl groups is 1. The number of hydrogen-bond acceptors (Lipinski definition) is 8. The van der Waals surface area contributed by atoms with Crippen LogP contribution in [0.25, 0.3) is 11.1 Å². The Morgan fingerprint density at radius 3 is 1.97 bits per heavy atom. The highest BCUT2D eigenvalue weighted by Gasteiger charge is 2.30. The minimum Gasteiger partial charge on any atom is -0.462 e. The van der Waals surface area contributed by atoms with E-state index in [2.05, 4.69) is 5.48 Å². The molecular weight excluding hydrogens is 404 g/mol. The number of aliphatic hydroxyl groups excluding tert-OH is 1. The molecule has 9 nitrogen and oxygen atoms in total. The topological polar surface area (TPSA) is 137 Å². The zero-order chi connectivity index (χ0) is 22.8. The summed E-state index contributed by atoms with van der Waals surface area (Å²) in [6.45, 7) is 4.03. The highest BCUT2D eigenvalue weighted by Crippen LogP contribution is 2.39. The average Bonchev–Trinajstić information content (AvgIpc) is 2.86. The van der Waals surface area contributed by atoms with Crippen molar-refractivity contribution in [2.75, 3.05) is 32.2 Å². The number of carbonyl (C=O) groups is 3. The number of rotatable bonds is 11. The molecule has 0 heterocycles. The molecular formula is C22H28N2O7. The van der Waals surface area contributed by atoms with Gasteiger partial charge in [-0.2, -0.15) is 0 Å². The number of carbonyl (C=O) groups excluding carboxylic acids is 3. The number of ether oxygens (including phenoxy) is 2. The van der Waals surface area contributed by atoms with Gasteiger partial charge in [0, 0.05) is 6.61 Å². The van der Waals surface area contributed by atoms with Gasteiger partial charge in [0.1, 0.15) is 0 Å². The Morgan fingerprint density at radius 1 is 0.935 bits per heavy atom. The fraction of sp³-hybridized carbons (Fsp3) is 0.409. The van der Waals surface area contributed by atoms with E-state index in [1.807, 2.05) is 0 Å². The summed E-state index contributed by atoms with van der Waals surface area (Å²) in [5, 5.41) is 8.73. The Balaban J connectivity index is 2.32. The molecule has 0 aromatic heterocycles. The fourth-order valence-corrected chi connectivity index (χ4v) is 3.07. The number of esters is 2. The molecule has 1 amide bonds. The number of nitrogen functional groups attached to an aromatic ring is 1. The van der Waals surface area contributed by atoms with Crippen molar-refractivity contribution in [3.8, 4) is 11.1 Å². The standard InChI is InChI=1S/C22H28N2O7/c1-3-29-21(27)18-15-9-7-14(13-17(26)24-31-12-6-5-11-25)8-10-16(15)19(20(18)23)22(28)30-4-2/h7-10,25H,3-6,11-13,23H2,1-2H3,(H,24,26). The molecule has 0 bridgehead atoms. The Labute approximate surface area is 180 Å². The zero-order valence-electron chi connectivity index (χ0n) is 17.7. The second-order valence-corrected chi connectivity index (χ2v) is 6.65. The minimum atomic E-state index is -0.637. The lowest BCUT2D eigenvalue weighted by Gasteiger charge is -2.05. The summed E-state index contributed by atoms with van der Waals surface area (Å²) >= 11 is 0. The first-order valence-corrected chi connectivity index (χ1v) is 10.1. The van der Waals surface area contributed by atoms with Crippen molar-refractivity contribution in [2.45, 2.75) is 33.1 Å². The molecule has 4 N–H and O–H groups in total. The minimum absolute atomic E-state index is 0.00803. The normalized spacial score (nSPS) is 10.7. The second-order valence-electron chi connectivity index (χ2n) is 6.65. The monoisotopic (exact) mass is 432 g/mol. The van der Waals surface area contributed by atoms with Gasteiger partial charge in [0.15, 0.2) is 0 Å². The van der Waals surface area contributed by atoms with E-state index in [4.69, 9.17) is 25.2 Å². The van der Waals surface area contributed by atoms with Crippen LogP contribution in [0.3, 0.4) is 0 Å². The van der Waals surface area contributed by atoms with E-state index >= 15 is 0 Å². The van der Waals surface area contributed by atoms with Crippen molar-refractivity contribution in [3.63, 3.8) is 0 Å². The zero-order valence-corrected chi connectivity index (χ0v) is 17.7. The van der Waals surface area contributed by atoms with Crippen LogP contribution in [0.1, 0.15) is 53.0 Å². The second kappa shape index (κ2) is 11.9. The van der Waals surface area contributed by atoms with Gasteiger partial charge in [0.05, 0.1) is 43.1 Å². The first-order chi connectivity index (χ1) is 14.9. The van der Waals surface area contributed by atoms with E-state index < -0.39 is 11.9 Å². The molecule has 0 aromatic carbocycles. The highest BCUT2D eigenvalue weighted by molar-refractivity contribution is 6.15. The molecule has 0 unspecified atom stereocenters. The van der Waals surface area contributed by atoms with Crippen molar-refractivity contribution in [1.82, 2.24) is 5.48 Å². The lowest BCUT2D eigenvalue weighted by molar-refractivity contribution is -0.132. The van der Waals surface area contributed by atoms with Crippen LogP contribution in [-0.2, 0) is 25.5 Å². The van der Waals surface area contributed by atoms with Crippen molar-refractivity contribution in [3.05, 3.63) is 41.0 Å². The van der Waals surface area contributed by atoms with Crippen LogP contribution in [0, 0.1) is 0 Å². The SMILES string of the molecule is CCOC(=O)c1c2ccc(CC(=O)NOCCCCO)ccc-2c(C(=O)OCC)c1N. The molecule has 168 valence electrons. The van der Waals surface area contributed by atoms with Gasteiger partial charge < -0.3 is 20.3 Å². The van der Waals surface area contributed by atoms with Gasteiger partial charge in [-0.1, -0.05) is 24.3 Å². The molecule has 0 aliphatic heterocycles. The van der Waals surface area contributed by atoms with Crippen molar-refractivity contribution >= 4 is 23.5 Å². The predicted octanol–water partition coefficient (Wildman–Crippen LogP) is 2.09. The van der Waals surface area contributed by atoms with Gasteiger partial charge in [-0.05, 0) is 43.4 Å². The smallest absolute Gasteiger partial charge is 0.340 e. The molecule has 0 saturated heterocycles. The number of hydroxylamine groups is 1. The Morgan fingerprint density at radius 2 is 1.48 bits per heavy atom. The Bertz CT molecular complexity index is 842. The maximum absolute atomic E-state index is 12.5. The summed E-state index contributed by atoms with van der Waals surface area (Å²) in [4.78, 5) is 42.1. The number of amides is 1. The number of unbranched alkanes of at least 4 members (excludes halogenated alkanes) is 1. The maximum atomic E-state index is 12.5. The first-order valence-electron chi connectivity index (χ1n) is 10.1. The van der Waals surface area contributed by atoms with Crippen LogP contribution in [0.2, 0.25) is 0 Å². The Hall–Kier alpha value is -3.17. The lowest BCUT2D eigenvalue weighted by atomic mass is 10.1. The van der Waals surface area contributed by atoms with Crippen molar-refractivity contribution in [2.24, 2.45) is 0 Å². The van der Waals surface area contributed by atoms with Gasteiger partial charge in [-0.15, -0.1) is 0 Å². The van der Waals surface area contributed by atoms with Crippen LogP contribution < -0.4 is 11.2 Å². The Kier molecular flexibility index (Phi) is 9.23. The van der Waals surface area contributed by atoms with Gasteiger partial charge in [0.2, 0.25) is 5.91 Å². The van der Waals surface area contributed by atoms with Crippen LogP contribution >= 0.6 is 0 Å². The fourth-order valence-electron chi connectivity index (χ4n) is 3.07. The number of hydrogen-bond donors (Lipinski definition) is 3. The number of nitrogens with one attached hydrogen (secondary N) is 1. The maximum Gasteiger partial charge on any atom is 0.340 e. The molecule has 0 radical (unpaired) electrons. The third kappa shape index (κ3) is 6.16. The molecule has 2 aliphatic carbocycles. The summed E-state index contributed by atoms with van der Waals surface area (Å²) in [6.07, 6.45) is 1.24. The molecule has 0 fully saturated rings. The van der Waals surface area contributed by atoms with Gasteiger partial charge in [-0.3, -0.25) is 9.63 Å². The van der Waals surface area contributed by atoms with E-state index in [9.17, 15) is 14.4 Å². The van der Waals surface area contributed by atoms with Gasteiger partial charge in [0.25, 0.3) is 0 Å². The molecule has 0 atom stereocenters. The first kappa shape index (κ1) is 24.1. The van der Waals surface area contributed by atoms with Gasteiger partial charge >= 0.3 is 11.9 Å². The molecule has 0 saturated carbocycles. The van der Waals surface area contributed by atoms with E-state index in [1.54, 1.807) is 38.1 Å². The lowest BCUT2D eigenvalue weighted by Crippen LogP contribution is -2.25. The predicted molar refractivity (Wildman–Crippen MR) is 114 cm³/mol. The van der Waals surface area contributed by atoms with Crippen molar-refractivity contribution in [1.29, 1.82) is 0 Å². The molecule has 0 aromatic rings. The van der Waals surface area contributed by atoms with E-state index in [0.29, 0.717) is 36.1 Å². The largest absolute Gasteiger partial charge is 0.462 e.